The molecule has 1 saturated heterocycles. The van der Waals surface area contributed by atoms with Crippen LogP contribution in [0.5, 0.6) is 5.75 Å². The Hall–Kier alpha value is -1.02. The number of aliphatic hydroxyl groups is 2. The van der Waals surface area contributed by atoms with Gasteiger partial charge in [0.05, 0.1) is 5.92 Å². The van der Waals surface area contributed by atoms with Gasteiger partial charge in [0.15, 0.2) is 0 Å². The standard InChI is InChI=1S/C14H20O2/c1-10-4-6-13(7-5-10)16-14-12(3)8-11(2)9-15-14/h4-7,11-12,14H,8-9H2,1-3H3/p+1. The summed E-state index contributed by atoms with van der Waals surface area (Å²) in [5.41, 5.74) is 1.26. The van der Waals surface area contributed by atoms with Crippen LogP contribution in [0.25, 0.3) is 0 Å². The average molecular weight is 221 g/mol. The van der Waals surface area contributed by atoms with E-state index in [0.29, 0.717) is 11.8 Å². The Labute approximate surface area is 97.6 Å². The first-order chi connectivity index (χ1) is 7.65. The summed E-state index contributed by atoms with van der Waals surface area (Å²) < 4.78 is 10.5. The van der Waals surface area contributed by atoms with Crippen LogP contribution in [0.1, 0.15) is 25.8 Å². The molecule has 1 fully saturated rings. The molecule has 0 aromatic heterocycles. The normalized spacial score (nSPS) is 30.1. The molecule has 3 atom stereocenters. The maximum Gasteiger partial charge on any atom is 0.307 e. The third-order valence-corrected chi connectivity index (χ3v) is 3.14. The summed E-state index contributed by atoms with van der Waals surface area (Å²) in [7, 11) is 0. The second kappa shape index (κ2) is 4.88. The zero-order valence-electron chi connectivity index (χ0n) is 10.3. The fourth-order valence-electron chi connectivity index (χ4n) is 2.20. The maximum atomic E-state index is 5.90. The predicted molar refractivity (Wildman–Crippen MR) is 65.6 cm³/mol. The molecule has 1 aromatic rings. The number of benzene rings is 1. The van der Waals surface area contributed by atoms with E-state index in [4.69, 9.17) is 4.74 Å². The third kappa shape index (κ3) is 2.76. The van der Waals surface area contributed by atoms with Gasteiger partial charge in [-0.2, -0.15) is 0 Å². The molecule has 0 radical (unpaired) electrons. The quantitative estimate of drug-likeness (QED) is 0.704. The lowest BCUT2D eigenvalue weighted by Crippen LogP contribution is -2.39. The number of hydrogen-bond acceptors (Lipinski definition) is 1. The third-order valence-electron chi connectivity index (χ3n) is 3.14. The first-order valence-electron chi connectivity index (χ1n) is 6.05. The molecule has 1 N–H and O–H groups in total. The molecule has 1 heterocycles. The van der Waals surface area contributed by atoms with Crippen LogP contribution in [0.15, 0.2) is 24.3 Å². The van der Waals surface area contributed by atoms with Gasteiger partial charge in [0.1, 0.15) is 12.4 Å². The Kier molecular flexibility index (Phi) is 3.49. The van der Waals surface area contributed by atoms with Gasteiger partial charge in [-0.1, -0.05) is 31.5 Å². The van der Waals surface area contributed by atoms with Crippen molar-refractivity contribution in [3.8, 4) is 5.75 Å². The lowest BCUT2D eigenvalue weighted by atomic mass is 9.95. The number of hydrogen-bond donors (Lipinski definition) is 0. The van der Waals surface area contributed by atoms with Crippen molar-refractivity contribution >= 4 is 0 Å². The van der Waals surface area contributed by atoms with E-state index in [1.807, 2.05) is 12.1 Å². The topological polar surface area (TPSA) is 22.0 Å². The van der Waals surface area contributed by atoms with E-state index >= 15 is 0 Å². The van der Waals surface area contributed by atoms with Gasteiger partial charge in [-0.05, 0) is 25.5 Å². The first-order valence-corrected chi connectivity index (χ1v) is 6.05. The molecule has 3 unspecified atom stereocenters. The lowest BCUT2D eigenvalue weighted by molar-refractivity contribution is -0.254. The zero-order valence-corrected chi connectivity index (χ0v) is 10.3. The van der Waals surface area contributed by atoms with Gasteiger partial charge in [-0.15, -0.1) is 0 Å². The minimum atomic E-state index is 0.0407. The minimum Gasteiger partial charge on any atom is -0.425 e. The molecule has 88 valence electrons. The molecule has 0 spiro atoms. The Morgan fingerprint density at radius 2 is 1.88 bits per heavy atom. The number of aryl methyl sites for hydroxylation is 1. The van der Waals surface area contributed by atoms with Crippen molar-refractivity contribution in [1.29, 1.82) is 0 Å². The van der Waals surface area contributed by atoms with E-state index in [1.54, 1.807) is 0 Å². The van der Waals surface area contributed by atoms with Gasteiger partial charge in [0, 0.05) is 5.92 Å². The summed E-state index contributed by atoms with van der Waals surface area (Å²) in [5, 5.41) is 0. The summed E-state index contributed by atoms with van der Waals surface area (Å²) in [6.07, 6.45) is 1.25. The Bertz CT molecular complexity index is 331. The highest BCUT2D eigenvalue weighted by Crippen LogP contribution is 2.25. The summed E-state index contributed by atoms with van der Waals surface area (Å²) >= 11 is 0. The smallest absolute Gasteiger partial charge is 0.307 e. The van der Waals surface area contributed by atoms with Gasteiger partial charge in [-0.3, -0.25) is 0 Å². The highest BCUT2D eigenvalue weighted by Gasteiger charge is 2.32. The van der Waals surface area contributed by atoms with Crippen LogP contribution in [-0.4, -0.2) is 17.6 Å². The molecule has 16 heavy (non-hydrogen) atoms. The molecule has 2 rings (SSSR count). The summed E-state index contributed by atoms with van der Waals surface area (Å²) in [6.45, 7) is 7.49. The van der Waals surface area contributed by atoms with Crippen molar-refractivity contribution in [1.82, 2.24) is 0 Å². The van der Waals surface area contributed by atoms with Gasteiger partial charge in [-0.25, -0.2) is 0 Å². The van der Waals surface area contributed by atoms with Crippen LogP contribution >= 0.6 is 0 Å². The van der Waals surface area contributed by atoms with Crippen LogP contribution in [0.4, 0.5) is 0 Å². The molecule has 1 aliphatic rings. The van der Waals surface area contributed by atoms with Crippen molar-refractivity contribution in [2.45, 2.75) is 33.5 Å². The second-order valence-electron chi connectivity index (χ2n) is 5.00. The summed E-state index contributed by atoms with van der Waals surface area (Å²) in [5.74, 6) is 2.15. The van der Waals surface area contributed by atoms with Crippen LogP contribution < -0.4 is 4.74 Å². The van der Waals surface area contributed by atoms with Crippen LogP contribution in [0.3, 0.4) is 0 Å². The van der Waals surface area contributed by atoms with Crippen LogP contribution in [0, 0.1) is 18.8 Å². The lowest BCUT2D eigenvalue weighted by Gasteiger charge is -2.28. The Morgan fingerprint density at radius 1 is 1.19 bits per heavy atom. The van der Waals surface area contributed by atoms with Gasteiger partial charge in [0.25, 0.3) is 0 Å². The van der Waals surface area contributed by atoms with Gasteiger partial charge in [0.2, 0.25) is 0 Å². The molecule has 1 aliphatic heterocycles. The average Bonchev–Trinajstić information content (AvgIpc) is 2.25. The predicted octanol–water partition coefficient (Wildman–Crippen LogP) is 2.90. The minimum absolute atomic E-state index is 0.0407. The van der Waals surface area contributed by atoms with E-state index in [2.05, 4.69) is 37.6 Å². The Morgan fingerprint density at radius 3 is 2.50 bits per heavy atom. The molecule has 0 saturated carbocycles. The first kappa shape index (κ1) is 11.5. The summed E-state index contributed by atoms with van der Waals surface area (Å²) in [6, 6.07) is 8.20. The van der Waals surface area contributed by atoms with Crippen molar-refractivity contribution in [3.05, 3.63) is 29.8 Å². The fourth-order valence-corrected chi connectivity index (χ4v) is 2.20. The van der Waals surface area contributed by atoms with E-state index < -0.39 is 0 Å². The van der Waals surface area contributed by atoms with Crippen molar-refractivity contribution in [2.24, 2.45) is 11.8 Å². The molecule has 0 amide bonds. The molecule has 2 nitrogen and oxygen atoms in total. The van der Waals surface area contributed by atoms with Crippen molar-refractivity contribution < 1.29 is 9.47 Å². The summed E-state index contributed by atoms with van der Waals surface area (Å²) in [4.78, 5) is 0. The van der Waals surface area contributed by atoms with Crippen LogP contribution in [0.2, 0.25) is 0 Å². The largest absolute Gasteiger partial charge is 0.425 e. The molecule has 2 heteroatoms. The molecule has 0 bridgehead atoms. The van der Waals surface area contributed by atoms with Crippen molar-refractivity contribution in [3.63, 3.8) is 0 Å². The van der Waals surface area contributed by atoms with Gasteiger partial charge >= 0.3 is 6.29 Å². The number of rotatable bonds is 2. The fraction of sp³-hybridized carbons (Fsp3) is 0.571. The highest BCUT2D eigenvalue weighted by atomic mass is 16.7. The van der Waals surface area contributed by atoms with Crippen LogP contribution in [-0.2, 0) is 0 Å². The molecular formula is C14H21O2+. The molecule has 0 aliphatic carbocycles. The Balaban J connectivity index is 1.96. The molecule has 1 aromatic carbocycles. The highest BCUT2D eigenvalue weighted by molar-refractivity contribution is 5.26. The molecular weight excluding hydrogens is 200 g/mol. The zero-order chi connectivity index (χ0) is 11.5. The number of ether oxygens (including phenoxy) is 2. The van der Waals surface area contributed by atoms with E-state index in [0.717, 1.165) is 12.4 Å². The second-order valence-corrected chi connectivity index (χ2v) is 5.00. The maximum absolute atomic E-state index is 5.90. The van der Waals surface area contributed by atoms with E-state index in [1.165, 1.54) is 12.0 Å². The van der Waals surface area contributed by atoms with E-state index in [-0.39, 0.29) is 6.29 Å². The van der Waals surface area contributed by atoms with Crippen molar-refractivity contribution in [2.75, 3.05) is 6.61 Å². The van der Waals surface area contributed by atoms with Gasteiger partial charge < -0.3 is 9.47 Å². The SMILES string of the molecule is Cc1ccc(OC2[OH+]CC(C)CC2C)cc1. The van der Waals surface area contributed by atoms with E-state index in [9.17, 15) is 0 Å². The monoisotopic (exact) mass is 221 g/mol.